The van der Waals surface area contributed by atoms with Crippen LogP contribution in [0.2, 0.25) is 15.1 Å². The fourth-order valence-corrected chi connectivity index (χ4v) is 3.71. The molecule has 9 heteroatoms. The number of amides is 1. The minimum absolute atomic E-state index is 0.00155. The third-order valence-electron chi connectivity index (χ3n) is 4.54. The molecular weight excluding hydrogens is 411 g/mol. The van der Waals surface area contributed by atoms with Crippen LogP contribution >= 0.6 is 34.8 Å². The Balaban J connectivity index is 1.88. The SMILES string of the molecule is CN(C(=O)CC1CCNCC1)c1oc(-c2cc(Cl)cc(Cl)c2Cl)nc1C#N. The number of hydrogen-bond acceptors (Lipinski definition) is 5. The monoisotopic (exact) mass is 426 g/mol. The van der Waals surface area contributed by atoms with Crippen LogP contribution in [0.15, 0.2) is 16.5 Å². The molecule has 1 aromatic carbocycles. The van der Waals surface area contributed by atoms with Crippen molar-refractivity contribution in [2.45, 2.75) is 19.3 Å². The van der Waals surface area contributed by atoms with Gasteiger partial charge in [-0.25, -0.2) is 0 Å². The molecule has 1 amide bonds. The fraction of sp³-hybridized carbons (Fsp3) is 0.389. The number of oxazole rings is 1. The van der Waals surface area contributed by atoms with Gasteiger partial charge in [-0.15, -0.1) is 0 Å². The minimum Gasteiger partial charge on any atom is -0.419 e. The van der Waals surface area contributed by atoms with E-state index in [1.165, 1.54) is 11.0 Å². The Kier molecular flexibility index (Phi) is 6.28. The number of benzene rings is 1. The molecule has 2 aromatic rings. The van der Waals surface area contributed by atoms with Gasteiger partial charge >= 0.3 is 0 Å². The summed E-state index contributed by atoms with van der Waals surface area (Å²) in [5, 5.41) is 13.5. The van der Waals surface area contributed by atoms with Gasteiger partial charge in [-0.05, 0) is 44.0 Å². The van der Waals surface area contributed by atoms with Gasteiger partial charge in [0.2, 0.25) is 23.4 Å². The van der Waals surface area contributed by atoms with E-state index >= 15 is 0 Å². The summed E-state index contributed by atoms with van der Waals surface area (Å²) in [5.41, 5.74) is 0.356. The van der Waals surface area contributed by atoms with Crippen molar-refractivity contribution in [3.63, 3.8) is 0 Å². The number of nitriles is 1. The molecule has 2 heterocycles. The second-order valence-corrected chi connectivity index (χ2v) is 7.61. The molecule has 3 rings (SSSR count). The molecule has 1 N–H and O–H groups in total. The molecule has 0 aliphatic carbocycles. The smallest absolute Gasteiger partial charge is 0.241 e. The Hall–Kier alpha value is -1.78. The number of piperidine rings is 1. The highest BCUT2D eigenvalue weighted by atomic mass is 35.5. The maximum absolute atomic E-state index is 12.6. The second-order valence-electron chi connectivity index (χ2n) is 6.38. The van der Waals surface area contributed by atoms with Crippen molar-refractivity contribution in [1.29, 1.82) is 5.26 Å². The Labute approximate surface area is 172 Å². The van der Waals surface area contributed by atoms with E-state index in [9.17, 15) is 10.1 Å². The summed E-state index contributed by atoms with van der Waals surface area (Å²) in [6, 6.07) is 5.00. The number of anilines is 1. The molecule has 0 saturated carbocycles. The van der Waals surface area contributed by atoms with E-state index in [0.29, 0.717) is 22.9 Å². The number of aromatic nitrogens is 1. The molecule has 0 radical (unpaired) electrons. The topological polar surface area (TPSA) is 82.2 Å². The van der Waals surface area contributed by atoms with Crippen LogP contribution in [0.3, 0.4) is 0 Å². The van der Waals surface area contributed by atoms with Crippen LogP contribution in [0.4, 0.5) is 5.88 Å². The molecule has 1 aliphatic rings. The fourth-order valence-electron chi connectivity index (χ4n) is 3.02. The third kappa shape index (κ3) is 4.39. The molecule has 0 spiro atoms. The average molecular weight is 428 g/mol. The average Bonchev–Trinajstić information content (AvgIpc) is 3.09. The molecule has 142 valence electrons. The van der Waals surface area contributed by atoms with E-state index in [1.54, 1.807) is 13.1 Å². The van der Waals surface area contributed by atoms with Crippen LogP contribution in [0.1, 0.15) is 25.0 Å². The summed E-state index contributed by atoms with van der Waals surface area (Å²) in [5.74, 6) is 0.350. The van der Waals surface area contributed by atoms with Gasteiger partial charge in [0, 0.05) is 18.5 Å². The molecule has 1 fully saturated rings. The number of rotatable bonds is 4. The van der Waals surface area contributed by atoms with Crippen LogP contribution in [0, 0.1) is 17.2 Å². The normalized spacial score (nSPS) is 14.8. The lowest BCUT2D eigenvalue weighted by Gasteiger charge is -2.23. The summed E-state index contributed by atoms with van der Waals surface area (Å²) in [4.78, 5) is 18.1. The predicted molar refractivity (Wildman–Crippen MR) is 105 cm³/mol. The number of halogens is 3. The van der Waals surface area contributed by atoms with Crippen molar-refractivity contribution >= 4 is 46.6 Å². The number of nitrogens with zero attached hydrogens (tertiary/aromatic N) is 3. The first-order valence-corrected chi connectivity index (χ1v) is 9.57. The van der Waals surface area contributed by atoms with Gasteiger partial charge in [-0.1, -0.05) is 34.8 Å². The molecule has 1 aromatic heterocycles. The van der Waals surface area contributed by atoms with E-state index in [4.69, 9.17) is 39.2 Å². The summed E-state index contributed by atoms with van der Waals surface area (Å²) in [6.45, 7) is 1.82. The Bertz CT molecular complexity index is 901. The molecule has 27 heavy (non-hydrogen) atoms. The summed E-state index contributed by atoms with van der Waals surface area (Å²) in [7, 11) is 1.57. The zero-order valence-corrected chi connectivity index (χ0v) is 16.8. The molecule has 1 saturated heterocycles. The van der Waals surface area contributed by atoms with E-state index in [2.05, 4.69) is 10.3 Å². The predicted octanol–water partition coefficient (Wildman–Crippen LogP) is 4.53. The van der Waals surface area contributed by atoms with Crippen LogP contribution in [-0.2, 0) is 4.79 Å². The lowest BCUT2D eigenvalue weighted by Crippen LogP contribution is -2.33. The highest BCUT2D eigenvalue weighted by molar-refractivity contribution is 6.44. The van der Waals surface area contributed by atoms with Crippen LogP contribution in [0.5, 0.6) is 0 Å². The second kappa shape index (κ2) is 8.49. The van der Waals surface area contributed by atoms with Gasteiger partial charge in [0.1, 0.15) is 6.07 Å². The van der Waals surface area contributed by atoms with E-state index in [-0.39, 0.29) is 33.4 Å². The van der Waals surface area contributed by atoms with Crippen molar-refractivity contribution in [3.05, 3.63) is 32.9 Å². The Morgan fingerprint density at radius 3 is 2.74 bits per heavy atom. The van der Waals surface area contributed by atoms with Gasteiger partial charge in [0.15, 0.2) is 0 Å². The zero-order valence-electron chi connectivity index (χ0n) is 14.6. The van der Waals surface area contributed by atoms with Gasteiger partial charge in [0.25, 0.3) is 0 Å². The van der Waals surface area contributed by atoms with E-state index in [1.807, 2.05) is 6.07 Å². The maximum Gasteiger partial charge on any atom is 0.241 e. The maximum atomic E-state index is 12.6. The van der Waals surface area contributed by atoms with Crippen LogP contribution in [0.25, 0.3) is 11.5 Å². The standard InChI is InChI=1S/C18H17Cl3N4O2/c1-25(15(26)6-10-2-4-23-5-3-10)18-14(9-22)24-17(27-18)12-7-11(19)8-13(20)16(12)21/h7-8,10,23H,2-6H2,1H3. The third-order valence-corrected chi connectivity index (χ3v) is 5.56. The van der Waals surface area contributed by atoms with Gasteiger partial charge in [0.05, 0.1) is 15.6 Å². The molecule has 1 aliphatic heterocycles. The summed E-state index contributed by atoms with van der Waals surface area (Å²) >= 11 is 18.3. The summed E-state index contributed by atoms with van der Waals surface area (Å²) in [6.07, 6.45) is 2.29. The van der Waals surface area contributed by atoms with E-state index in [0.717, 1.165) is 25.9 Å². The van der Waals surface area contributed by atoms with Crippen molar-refractivity contribution in [1.82, 2.24) is 10.3 Å². The molecule has 0 atom stereocenters. The molecule has 0 unspecified atom stereocenters. The van der Waals surface area contributed by atoms with Crippen LogP contribution < -0.4 is 10.2 Å². The lowest BCUT2D eigenvalue weighted by molar-refractivity contribution is -0.119. The van der Waals surface area contributed by atoms with Crippen molar-refractivity contribution in [3.8, 4) is 17.5 Å². The Morgan fingerprint density at radius 1 is 1.37 bits per heavy atom. The van der Waals surface area contributed by atoms with Crippen molar-refractivity contribution in [2.75, 3.05) is 25.0 Å². The van der Waals surface area contributed by atoms with Gasteiger partial charge in [-0.2, -0.15) is 10.2 Å². The number of carbonyl (C=O) groups is 1. The Morgan fingerprint density at radius 2 is 2.07 bits per heavy atom. The minimum atomic E-state index is -0.128. The number of carbonyl (C=O) groups excluding carboxylic acids is 1. The zero-order chi connectivity index (χ0) is 19.6. The van der Waals surface area contributed by atoms with Crippen LogP contribution in [-0.4, -0.2) is 31.0 Å². The lowest BCUT2D eigenvalue weighted by atomic mass is 9.94. The quantitative estimate of drug-likeness (QED) is 0.725. The largest absolute Gasteiger partial charge is 0.419 e. The number of nitrogens with one attached hydrogen (secondary N) is 1. The van der Waals surface area contributed by atoms with E-state index < -0.39 is 0 Å². The number of hydrogen-bond donors (Lipinski definition) is 1. The molecule has 0 bridgehead atoms. The molecule has 6 nitrogen and oxygen atoms in total. The first-order chi connectivity index (χ1) is 12.9. The first-order valence-electron chi connectivity index (χ1n) is 8.43. The highest BCUT2D eigenvalue weighted by Crippen LogP contribution is 2.38. The highest BCUT2D eigenvalue weighted by Gasteiger charge is 2.26. The van der Waals surface area contributed by atoms with Gasteiger partial charge in [-0.3, -0.25) is 9.69 Å². The first kappa shape index (κ1) is 20.0. The molecular formula is C18H17Cl3N4O2. The van der Waals surface area contributed by atoms with Gasteiger partial charge < -0.3 is 9.73 Å². The summed E-state index contributed by atoms with van der Waals surface area (Å²) < 4.78 is 5.71. The van der Waals surface area contributed by atoms with Crippen molar-refractivity contribution in [2.24, 2.45) is 5.92 Å². The van der Waals surface area contributed by atoms with Crippen molar-refractivity contribution < 1.29 is 9.21 Å².